The van der Waals surface area contributed by atoms with Crippen molar-refractivity contribution >= 4 is 23.3 Å². The Morgan fingerprint density at radius 2 is 1.74 bits per heavy atom. The van der Waals surface area contributed by atoms with Crippen molar-refractivity contribution in [2.45, 2.75) is 13.5 Å². The van der Waals surface area contributed by atoms with Gasteiger partial charge in [-0.05, 0) is 36.4 Å². The van der Waals surface area contributed by atoms with Crippen LogP contribution in [-0.4, -0.2) is 22.1 Å². The van der Waals surface area contributed by atoms with Gasteiger partial charge in [0.25, 0.3) is 5.91 Å². The van der Waals surface area contributed by atoms with Crippen LogP contribution in [0.3, 0.4) is 0 Å². The number of anilines is 2. The molecule has 0 saturated heterocycles. The normalized spacial score (nSPS) is 10.3. The van der Waals surface area contributed by atoms with Crippen molar-refractivity contribution in [3.63, 3.8) is 0 Å². The average molecular weight is 367 g/mol. The van der Waals surface area contributed by atoms with E-state index in [0.29, 0.717) is 34.4 Å². The van der Waals surface area contributed by atoms with Gasteiger partial charge in [-0.1, -0.05) is 17.3 Å². The lowest BCUT2D eigenvalue weighted by atomic mass is 10.2. The zero-order valence-corrected chi connectivity index (χ0v) is 14.4. The predicted molar refractivity (Wildman–Crippen MR) is 97.4 cm³/mol. The molecular weight excluding hydrogens is 350 g/mol. The number of urea groups is 1. The van der Waals surface area contributed by atoms with Crippen molar-refractivity contribution in [2.24, 2.45) is 5.73 Å². The molecular formula is C18H17N5O4. The van der Waals surface area contributed by atoms with Crippen molar-refractivity contribution in [3.05, 3.63) is 65.8 Å². The van der Waals surface area contributed by atoms with Crippen LogP contribution in [0.1, 0.15) is 22.1 Å². The van der Waals surface area contributed by atoms with Gasteiger partial charge in [-0.3, -0.25) is 4.79 Å². The van der Waals surface area contributed by atoms with E-state index in [1.54, 1.807) is 55.5 Å². The lowest BCUT2D eigenvalue weighted by molar-refractivity contribution is 0.102. The molecule has 4 N–H and O–H groups in total. The van der Waals surface area contributed by atoms with E-state index in [9.17, 15) is 9.59 Å². The first-order valence-electron chi connectivity index (χ1n) is 8.00. The molecule has 0 bridgehead atoms. The van der Waals surface area contributed by atoms with Crippen molar-refractivity contribution in [2.75, 3.05) is 10.6 Å². The van der Waals surface area contributed by atoms with E-state index < -0.39 is 6.03 Å². The number of primary amides is 1. The SMILES string of the molecule is Cc1nc(COc2ccccc2C(=O)Nc2ccc(NC(N)=O)cc2)no1. The number of carbonyl (C=O) groups excluding carboxylic acids is 2. The van der Waals surface area contributed by atoms with Gasteiger partial charge in [0.05, 0.1) is 5.56 Å². The number of para-hydroxylation sites is 1. The van der Waals surface area contributed by atoms with Crippen LogP contribution in [0.4, 0.5) is 16.2 Å². The van der Waals surface area contributed by atoms with Crippen LogP contribution in [0, 0.1) is 6.92 Å². The first-order valence-corrected chi connectivity index (χ1v) is 8.00. The van der Waals surface area contributed by atoms with E-state index in [0.717, 1.165) is 0 Å². The summed E-state index contributed by atoms with van der Waals surface area (Å²) in [7, 11) is 0. The van der Waals surface area contributed by atoms with Crippen LogP contribution in [-0.2, 0) is 6.61 Å². The van der Waals surface area contributed by atoms with E-state index in [1.165, 1.54) is 0 Å². The quantitative estimate of drug-likeness (QED) is 0.613. The second-order valence-corrected chi connectivity index (χ2v) is 5.54. The predicted octanol–water partition coefficient (Wildman–Crippen LogP) is 2.70. The highest BCUT2D eigenvalue weighted by Gasteiger charge is 2.13. The summed E-state index contributed by atoms with van der Waals surface area (Å²) in [6.07, 6.45) is 0. The minimum absolute atomic E-state index is 0.0785. The molecule has 3 amide bonds. The topological polar surface area (TPSA) is 132 Å². The molecule has 3 aromatic rings. The summed E-state index contributed by atoms with van der Waals surface area (Å²) in [4.78, 5) is 27.5. The molecule has 0 atom stereocenters. The standard InChI is InChI=1S/C18H17N5O4/c1-11-20-16(23-27-11)10-26-15-5-3-2-4-14(15)17(24)21-12-6-8-13(9-7-12)22-18(19)25/h2-9H,10H2,1H3,(H,21,24)(H3,19,22,25). The summed E-state index contributed by atoms with van der Waals surface area (Å²) in [5.41, 5.74) is 6.50. The van der Waals surface area contributed by atoms with Crippen LogP contribution in [0.2, 0.25) is 0 Å². The van der Waals surface area contributed by atoms with E-state index in [2.05, 4.69) is 20.8 Å². The molecule has 0 fully saturated rings. The van der Waals surface area contributed by atoms with Gasteiger partial charge in [-0.25, -0.2) is 4.79 Å². The van der Waals surface area contributed by atoms with Crippen molar-refractivity contribution < 1.29 is 18.8 Å². The van der Waals surface area contributed by atoms with Gasteiger partial charge in [-0.15, -0.1) is 0 Å². The zero-order valence-electron chi connectivity index (χ0n) is 14.4. The Balaban J connectivity index is 1.68. The maximum atomic E-state index is 12.6. The Morgan fingerprint density at radius 3 is 2.37 bits per heavy atom. The van der Waals surface area contributed by atoms with E-state index in [4.69, 9.17) is 15.0 Å². The van der Waals surface area contributed by atoms with Crippen molar-refractivity contribution in [1.82, 2.24) is 10.1 Å². The fourth-order valence-corrected chi connectivity index (χ4v) is 2.30. The molecule has 1 heterocycles. The molecule has 0 aliphatic carbocycles. The minimum Gasteiger partial charge on any atom is -0.485 e. The van der Waals surface area contributed by atoms with Gasteiger partial charge in [0.15, 0.2) is 6.61 Å². The molecule has 9 nitrogen and oxygen atoms in total. The number of amides is 3. The number of rotatable bonds is 6. The summed E-state index contributed by atoms with van der Waals surface area (Å²) in [5.74, 6) is 0.879. The maximum absolute atomic E-state index is 12.6. The number of carbonyl (C=O) groups is 2. The number of hydrogen-bond acceptors (Lipinski definition) is 6. The summed E-state index contributed by atoms with van der Waals surface area (Å²) in [5, 5.41) is 8.97. The van der Waals surface area contributed by atoms with Crippen LogP contribution in [0.25, 0.3) is 0 Å². The number of hydrogen-bond donors (Lipinski definition) is 3. The fraction of sp³-hybridized carbons (Fsp3) is 0.111. The number of nitrogens with zero attached hydrogens (tertiary/aromatic N) is 2. The molecule has 138 valence electrons. The molecule has 0 aliphatic heterocycles. The van der Waals surface area contributed by atoms with Gasteiger partial charge in [0.1, 0.15) is 5.75 Å². The molecule has 1 aromatic heterocycles. The Kier molecular flexibility index (Phi) is 5.31. The van der Waals surface area contributed by atoms with Crippen LogP contribution >= 0.6 is 0 Å². The lowest BCUT2D eigenvalue weighted by Gasteiger charge is -2.11. The third-order valence-electron chi connectivity index (χ3n) is 3.47. The molecule has 2 aromatic carbocycles. The minimum atomic E-state index is -0.658. The molecule has 27 heavy (non-hydrogen) atoms. The molecule has 0 saturated carbocycles. The maximum Gasteiger partial charge on any atom is 0.316 e. The van der Waals surface area contributed by atoms with Gasteiger partial charge in [-0.2, -0.15) is 4.98 Å². The fourth-order valence-electron chi connectivity index (χ4n) is 2.30. The molecule has 3 rings (SSSR count). The summed E-state index contributed by atoms with van der Waals surface area (Å²) in [6, 6.07) is 12.7. The Hall–Kier alpha value is -3.88. The average Bonchev–Trinajstić information content (AvgIpc) is 3.07. The van der Waals surface area contributed by atoms with Gasteiger partial charge >= 0.3 is 6.03 Å². The molecule has 0 spiro atoms. The Bertz CT molecular complexity index is 952. The smallest absolute Gasteiger partial charge is 0.316 e. The highest BCUT2D eigenvalue weighted by Crippen LogP contribution is 2.21. The van der Waals surface area contributed by atoms with Crippen molar-refractivity contribution in [1.29, 1.82) is 0 Å². The van der Waals surface area contributed by atoms with Crippen molar-refractivity contribution in [3.8, 4) is 5.75 Å². The number of nitrogens with two attached hydrogens (primary N) is 1. The van der Waals surface area contributed by atoms with Gasteiger partial charge < -0.3 is 25.6 Å². The second-order valence-electron chi connectivity index (χ2n) is 5.54. The number of nitrogens with one attached hydrogen (secondary N) is 2. The highest BCUT2D eigenvalue weighted by molar-refractivity contribution is 6.06. The van der Waals surface area contributed by atoms with E-state index >= 15 is 0 Å². The third-order valence-corrected chi connectivity index (χ3v) is 3.47. The number of aryl methyl sites for hydroxylation is 1. The van der Waals surface area contributed by atoms with Crippen LogP contribution in [0.15, 0.2) is 53.1 Å². The van der Waals surface area contributed by atoms with Crippen LogP contribution < -0.4 is 21.1 Å². The monoisotopic (exact) mass is 367 g/mol. The summed E-state index contributed by atoms with van der Waals surface area (Å²) >= 11 is 0. The van der Waals surface area contributed by atoms with E-state index in [-0.39, 0.29) is 12.5 Å². The van der Waals surface area contributed by atoms with Crippen LogP contribution in [0.5, 0.6) is 5.75 Å². The Morgan fingerprint density at radius 1 is 1.07 bits per heavy atom. The molecule has 0 unspecified atom stereocenters. The Labute approximate surface area is 154 Å². The van der Waals surface area contributed by atoms with Gasteiger partial charge in [0.2, 0.25) is 11.7 Å². The highest BCUT2D eigenvalue weighted by atomic mass is 16.5. The largest absolute Gasteiger partial charge is 0.485 e. The molecule has 0 aliphatic rings. The first-order chi connectivity index (χ1) is 13.0. The number of aromatic nitrogens is 2. The zero-order chi connectivity index (χ0) is 19.2. The summed E-state index contributed by atoms with van der Waals surface area (Å²) < 4.78 is 10.5. The molecule has 0 radical (unpaired) electrons. The lowest BCUT2D eigenvalue weighted by Crippen LogP contribution is -2.19. The first kappa shape index (κ1) is 17.9. The van der Waals surface area contributed by atoms with E-state index in [1.807, 2.05) is 0 Å². The summed E-state index contributed by atoms with van der Waals surface area (Å²) in [6.45, 7) is 1.76. The number of ether oxygens (including phenoxy) is 1. The number of benzene rings is 2. The molecule has 9 heteroatoms. The van der Waals surface area contributed by atoms with Gasteiger partial charge in [0, 0.05) is 18.3 Å². The third kappa shape index (κ3) is 4.82. The second kappa shape index (κ2) is 8.00.